The highest BCUT2D eigenvalue weighted by atomic mass is 35.5. The summed E-state index contributed by atoms with van der Waals surface area (Å²) >= 11 is 5.52. The van der Waals surface area contributed by atoms with Crippen LogP contribution in [0.5, 0.6) is 0 Å². The SMILES string of the molecule is CC(F)(F)C(Cl)Cc1ccncc1. The van der Waals surface area contributed by atoms with Crippen molar-refractivity contribution in [3.63, 3.8) is 0 Å². The molecule has 0 saturated heterocycles. The zero-order valence-electron chi connectivity index (χ0n) is 7.17. The fraction of sp³-hybridized carbons (Fsp3) is 0.444. The minimum absolute atomic E-state index is 0.160. The largest absolute Gasteiger partial charge is 0.265 e. The van der Waals surface area contributed by atoms with Gasteiger partial charge in [-0.2, -0.15) is 0 Å². The number of rotatable bonds is 3. The van der Waals surface area contributed by atoms with Crippen LogP contribution in [0.25, 0.3) is 0 Å². The third-order valence-electron chi connectivity index (χ3n) is 1.71. The maximum Gasteiger partial charge on any atom is 0.261 e. The fourth-order valence-electron chi connectivity index (χ4n) is 0.905. The van der Waals surface area contributed by atoms with Crippen LogP contribution in [-0.2, 0) is 6.42 Å². The molecule has 0 radical (unpaired) electrons. The van der Waals surface area contributed by atoms with Gasteiger partial charge in [0.2, 0.25) is 0 Å². The highest BCUT2D eigenvalue weighted by molar-refractivity contribution is 6.21. The number of alkyl halides is 3. The maximum atomic E-state index is 12.7. The lowest BCUT2D eigenvalue weighted by atomic mass is 10.1. The fourth-order valence-corrected chi connectivity index (χ4v) is 1.08. The summed E-state index contributed by atoms with van der Waals surface area (Å²) in [6.07, 6.45) is 3.28. The molecule has 0 fully saturated rings. The van der Waals surface area contributed by atoms with Gasteiger partial charge in [-0.1, -0.05) is 0 Å². The van der Waals surface area contributed by atoms with Gasteiger partial charge in [-0.3, -0.25) is 4.98 Å². The van der Waals surface area contributed by atoms with Crippen molar-refractivity contribution in [3.05, 3.63) is 30.1 Å². The summed E-state index contributed by atoms with van der Waals surface area (Å²) < 4.78 is 25.3. The molecule has 0 aliphatic rings. The summed E-state index contributed by atoms with van der Waals surface area (Å²) in [6.45, 7) is 0.825. The van der Waals surface area contributed by atoms with E-state index in [0.717, 1.165) is 12.5 Å². The van der Waals surface area contributed by atoms with Crippen LogP contribution in [-0.4, -0.2) is 16.3 Å². The molecule has 0 bridgehead atoms. The van der Waals surface area contributed by atoms with Crippen LogP contribution in [0.4, 0.5) is 8.78 Å². The number of pyridine rings is 1. The zero-order valence-corrected chi connectivity index (χ0v) is 7.93. The van der Waals surface area contributed by atoms with Gasteiger partial charge < -0.3 is 0 Å². The first-order valence-electron chi connectivity index (χ1n) is 3.91. The van der Waals surface area contributed by atoms with Gasteiger partial charge in [0.15, 0.2) is 0 Å². The molecule has 13 heavy (non-hydrogen) atoms. The van der Waals surface area contributed by atoms with Crippen molar-refractivity contribution < 1.29 is 8.78 Å². The third kappa shape index (κ3) is 3.27. The monoisotopic (exact) mass is 205 g/mol. The number of nitrogens with zero attached hydrogens (tertiary/aromatic N) is 1. The Bertz CT molecular complexity index is 258. The topological polar surface area (TPSA) is 12.9 Å². The normalized spacial score (nSPS) is 14.2. The molecular weight excluding hydrogens is 196 g/mol. The lowest BCUT2D eigenvalue weighted by molar-refractivity contribution is 0.0175. The number of hydrogen-bond donors (Lipinski definition) is 0. The molecule has 0 aromatic carbocycles. The van der Waals surface area contributed by atoms with Crippen LogP contribution in [0.3, 0.4) is 0 Å². The van der Waals surface area contributed by atoms with E-state index in [-0.39, 0.29) is 6.42 Å². The van der Waals surface area contributed by atoms with Gasteiger partial charge in [-0.15, -0.1) is 11.6 Å². The van der Waals surface area contributed by atoms with Gasteiger partial charge in [-0.05, 0) is 24.1 Å². The highest BCUT2D eigenvalue weighted by Gasteiger charge is 2.32. The molecule has 1 heterocycles. The van der Waals surface area contributed by atoms with E-state index in [9.17, 15) is 8.78 Å². The molecule has 1 aromatic heterocycles. The van der Waals surface area contributed by atoms with Crippen LogP contribution in [0.2, 0.25) is 0 Å². The molecule has 0 spiro atoms. The van der Waals surface area contributed by atoms with Crippen molar-refractivity contribution in [2.24, 2.45) is 0 Å². The van der Waals surface area contributed by atoms with Crippen LogP contribution in [0.1, 0.15) is 12.5 Å². The van der Waals surface area contributed by atoms with Crippen LogP contribution in [0, 0.1) is 0 Å². The van der Waals surface area contributed by atoms with Crippen molar-refractivity contribution in [2.75, 3.05) is 0 Å². The lowest BCUT2D eigenvalue weighted by Gasteiger charge is -2.16. The molecule has 72 valence electrons. The second kappa shape index (κ2) is 4.01. The molecule has 1 rings (SSSR count). The predicted octanol–water partition coefficient (Wildman–Crippen LogP) is 2.89. The van der Waals surface area contributed by atoms with E-state index in [2.05, 4.69) is 4.98 Å². The number of aromatic nitrogens is 1. The van der Waals surface area contributed by atoms with Crippen molar-refractivity contribution in [3.8, 4) is 0 Å². The lowest BCUT2D eigenvalue weighted by Crippen LogP contribution is -2.26. The molecular formula is C9H10ClF2N. The molecule has 1 nitrogen and oxygen atoms in total. The van der Waals surface area contributed by atoms with Gasteiger partial charge in [0.05, 0.1) is 0 Å². The van der Waals surface area contributed by atoms with E-state index in [0.29, 0.717) is 0 Å². The molecule has 0 N–H and O–H groups in total. The molecule has 0 amide bonds. The first-order chi connectivity index (χ1) is 6.00. The van der Waals surface area contributed by atoms with Crippen LogP contribution in [0.15, 0.2) is 24.5 Å². The van der Waals surface area contributed by atoms with Gasteiger partial charge in [0.1, 0.15) is 5.38 Å². The molecule has 1 aromatic rings. The molecule has 0 aliphatic heterocycles. The molecule has 0 aliphatic carbocycles. The van der Waals surface area contributed by atoms with E-state index >= 15 is 0 Å². The molecule has 0 saturated carbocycles. The Kier molecular flexibility index (Phi) is 3.20. The third-order valence-corrected chi connectivity index (χ3v) is 2.25. The highest BCUT2D eigenvalue weighted by Crippen LogP contribution is 2.25. The zero-order chi connectivity index (χ0) is 9.90. The second-order valence-electron chi connectivity index (χ2n) is 2.98. The van der Waals surface area contributed by atoms with E-state index < -0.39 is 11.3 Å². The summed E-state index contributed by atoms with van der Waals surface area (Å²) in [5.41, 5.74) is 0.775. The van der Waals surface area contributed by atoms with E-state index in [1.54, 1.807) is 24.5 Å². The first-order valence-corrected chi connectivity index (χ1v) is 4.34. The Balaban J connectivity index is 2.61. The minimum atomic E-state index is -2.84. The van der Waals surface area contributed by atoms with E-state index in [4.69, 9.17) is 11.6 Å². The van der Waals surface area contributed by atoms with Crippen molar-refractivity contribution in [1.29, 1.82) is 0 Å². The average Bonchev–Trinajstić information content (AvgIpc) is 2.04. The quantitative estimate of drug-likeness (QED) is 0.692. The first kappa shape index (κ1) is 10.4. The number of halogens is 3. The summed E-state index contributed by atoms with van der Waals surface area (Å²) in [5, 5.41) is -1.16. The Hall–Kier alpha value is -0.700. The van der Waals surface area contributed by atoms with Gasteiger partial charge in [0.25, 0.3) is 5.92 Å². The van der Waals surface area contributed by atoms with Crippen LogP contribution >= 0.6 is 11.6 Å². The summed E-state index contributed by atoms with van der Waals surface area (Å²) in [5.74, 6) is -2.84. The van der Waals surface area contributed by atoms with Crippen molar-refractivity contribution >= 4 is 11.6 Å². The summed E-state index contributed by atoms with van der Waals surface area (Å²) in [4.78, 5) is 3.78. The smallest absolute Gasteiger partial charge is 0.261 e. The Morgan fingerprint density at radius 1 is 1.46 bits per heavy atom. The Morgan fingerprint density at radius 2 is 2.00 bits per heavy atom. The molecule has 4 heteroatoms. The standard InChI is InChI=1S/C9H10ClF2N/c1-9(11,12)8(10)6-7-2-4-13-5-3-7/h2-5,8H,6H2,1H3. The van der Waals surface area contributed by atoms with E-state index in [1.807, 2.05) is 0 Å². The minimum Gasteiger partial charge on any atom is -0.265 e. The van der Waals surface area contributed by atoms with Crippen molar-refractivity contribution in [2.45, 2.75) is 24.6 Å². The van der Waals surface area contributed by atoms with Crippen molar-refractivity contribution in [1.82, 2.24) is 4.98 Å². The Labute approximate surface area is 80.7 Å². The van der Waals surface area contributed by atoms with E-state index in [1.165, 1.54) is 0 Å². The number of hydrogen-bond acceptors (Lipinski definition) is 1. The second-order valence-corrected chi connectivity index (χ2v) is 3.51. The summed E-state index contributed by atoms with van der Waals surface area (Å²) in [7, 11) is 0. The molecule has 1 atom stereocenters. The summed E-state index contributed by atoms with van der Waals surface area (Å²) in [6, 6.07) is 3.36. The Morgan fingerprint density at radius 3 is 2.46 bits per heavy atom. The van der Waals surface area contributed by atoms with Gasteiger partial charge in [-0.25, -0.2) is 8.78 Å². The maximum absolute atomic E-state index is 12.7. The van der Waals surface area contributed by atoms with Gasteiger partial charge in [0, 0.05) is 19.3 Å². The average molecular weight is 206 g/mol. The predicted molar refractivity (Wildman–Crippen MR) is 48.2 cm³/mol. The molecule has 1 unspecified atom stereocenters. The van der Waals surface area contributed by atoms with Gasteiger partial charge >= 0.3 is 0 Å². The van der Waals surface area contributed by atoms with Crippen LogP contribution < -0.4 is 0 Å².